The predicted molar refractivity (Wildman–Crippen MR) is 106 cm³/mol. The molecule has 0 N–H and O–H groups in total. The fraction of sp³-hybridized carbons (Fsp3) is 0.273. The number of aromatic nitrogens is 1. The molecule has 0 spiro atoms. The lowest BCUT2D eigenvalue weighted by Crippen LogP contribution is -1.93. The number of hydrogen-bond acceptors (Lipinski definition) is 6. The maximum absolute atomic E-state index is 8.95. The van der Waals surface area contributed by atoms with Crippen molar-refractivity contribution in [3.05, 3.63) is 54.2 Å². The Kier molecular flexibility index (Phi) is 6.32. The van der Waals surface area contributed by atoms with E-state index in [4.69, 9.17) is 19.0 Å². The molecular formula is C22H23NO5. The lowest BCUT2D eigenvalue weighted by atomic mass is 10.1. The number of nitrogens with zero attached hydrogens (tertiary/aromatic N) is 1. The molecule has 6 heteroatoms. The molecular weight excluding hydrogens is 358 g/mol. The topological polar surface area (TPSA) is 66.9 Å². The van der Waals surface area contributed by atoms with E-state index >= 15 is 0 Å². The SMILES string of the molecule is COC=O.COc1cc2nccc(Oc3ccc(C4CC4)cc3)c2cc1OC. The van der Waals surface area contributed by atoms with Gasteiger partial charge in [-0.15, -0.1) is 0 Å². The lowest BCUT2D eigenvalue weighted by Gasteiger charge is -2.12. The number of pyridine rings is 1. The van der Waals surface area contributed by atoms with E-state index in [1.54, 1.807) is 20.4 Å². The van der Waals surface area contributed by atoms with Crippen molar-refractivity contribution in [1.82, 2.24) is 4.98 Å². The minimum atomic E-state index is 0.375. The monoisotopic (exact) mass is 381 g/mol. The van der Waals surface area contributed by atoms with Gasteiger partial charge >= 0.3 is 0 Å². The van der Waals surface area contributed by atoms with Gasteiger partial charge in [0.1, 0.15) is 11.5 Å². The molecule has 1 aliphatic rings. The van der Waals surface area contributed by atoms with Crippen LogP contribution in [0.25, 0.3) is 10.9 Å². The summed E-state index contributed by atoms with van der Waals surface area (Å²) in [7, 11) is 4.55. The van der Waals surface area contributed by atoms with Crippen LogP contribution in [-0.2, 0) is 9.53 Å². The molecule has 146 valence electrons. The van der Waals surface area contributed by atoms with Crippen LogP contribution in [-0.4, -0.2) is 32.8 Å². The minimum absolute atomic E-state index is 0.375. The van der Waals surface area contributed by atoms with Gasteiger partial charge in [0.25, 0.3) is 6.47 Å². The zero-order valence-corrected chi connectivity index (χ0v) is 16.2. The number of rotatable bonds is 6. The van der Waals surface area contributed by atoms with E-state index in [1.807, 2.05) is 30.3 Å². The first-order chi connectivity index (χ1) is 13.7. The molecule has 1 aromatic heterocycles. The summed E-state index contributed by atoms with van der Waals surface area (Å²) >= 11 is 0. The third-order valence-corrected chi connectivity index (χ3v) is 4.46. The van der Waals surface area contributed by atoms with E-state index in [9.17, 15) is 0 Å². The van der Waals surface area contributed by atoms with E-state index in [-0.39, 0.29) is 0 Å². The van der Waals surface area contributed by atoms with Gasteiger partial charge in [0.05, 0.1) is 26.8 Å². The van der Waals surface area contributed by atoms with Crippen LogP contribution in [0.15, 0.2) is 48.7 Å². The molecule has 6 nitrogen and oxygen atoms in total. The summed E-state index contributed by atoms with van der Waals surface area (Å²) in [6, 6.07) is 14.0. The Bertz CT molecular complexity index is 936. The highest BCUT2D eigenvalue weighted by Gasteiger charge is 2.23. The zero-order valence-electron chi connectivity index (χ0n) is 16.2. The van der Waals surface area contributed by atoms with Gasteiger partial charge in [-0.2, -0.15) is 0 Å². The summed E-state index contributed by atoms with van der Waals surface area (Å²) in [5.74, 6) is 3.63. The van der Waals surface area contributed by atoms with Gasteiger partial charge in [0, 0.05) is 17.6 Å². The first-order valence-electron chi connectivity index (χ1n) is 8.95. The van der Waals surface area contributed by atoms with Gasteiger partial charge < -0.3 is 18.9 Å². The van der Waals surface area contributed by atoms with Crippen LogP contribution < -0.4 is 14.2 Å². The van der Waals surface area contributed by atoms with Crippen molar-refractivity contribution < 1.29 is 23.7 Å². The minimum Gasteiger partial charge on any atom is -0.493 e. The molecule has 28 heavy (non-hydrogen) atoms. The number of benzene rings is 2. The number of carbonyl (C=O) groups is 1. The first-order valence-corrected chi connectivity index (χ1v) is 8.95. The van der Waals surface area contributed by atoms with Crippen LogP contribution in [0.1, 0.15) is 24.3 Å². The number of hydrogen-bond donors (Lipinski definition) is 0. The van der Waals surface area contributed by atoms with E-state index in [0.717, 1.165) is 28.3 Å². The van der Waals surface area contributed by atoms with Crippen molar-refractivity contribution >= 4 is 17.4 Å². The normalized spacial score (nSPS) is 12.5. The first kappa shape index (κ1) is 19.5. The number of ether oxygens (including phenoxy) is 4. The molecule has 0 radical (unpaired) electrons. The second-order valence-electron chi connectivity index (χ2n) is 6.31. The van der Waals surface area contributed by atoms with Crippen LogP contribution in [0.5, 0.6) is 23.0 Å². The molecule has 0 atom stereocenters. The lowest BCUT2D eigenvalue weighted by molar-refractivity contribution is -0.126. The van der Waals surface area contributed by atoms with Crippen molar-refractivity contribution in [2.24, 2.45) is 0 Å². The molecule has 1 saturated carbocycles. The Hall–Kier alpha value is -3.28. The van der Waals surface area contributed by atoms with E-state index in [0.29, 0.717) is 18.0 Å². The smallest absolute Gasteiger partial charge is 0.292 e. The van der Waals surface area contributed by atoms with Crippen LogP contribution in [0.3, 0.4) is 0 Å². The number of carbonyl (C=O) groups excluding carboxylic acids is 1. The van der Waals surface area contributed by atoms with Crippen molar-refractivity contribution in [3.63, 3.8) is 0 Å². The third-order valence-electron chi connectivity index (χ3n) is 4.46. The number of methoxy groups -OCH3 is 3. The Morgan fingerprint density at radius 3 is 2.14 bits per heavy atom. The average molecular weight is 381 g/mol. The van der Waals surface area contributed by atoms with Crippen molar-refractivity contribution in [2.45, 2.75) is 18.8 Å². The third kappa shape index (κ3) is 4.52. The quantitative estimate of drug-likeness (QED) is 0.576. The highest BCUT2D eigenvalue weighted by atomic mass is 16.5. The van der Waals surface area contributed by atoms with Gasteiger partial charge in [-0.25, -0.2) is 0 Å². The van der Waals surface area contributed by atoms with Gasteiger partial charge in [-0.1, -0.05) is 12.1 Å². The second-order valence-corrected chi connectivity index (χ2v) is 6.31. The number of fused-ring (bicyclic) bond motifs is 1. The molecule has 1 aliphatic carbocycles. The highest BCUT2D eigenvalue weighted by molar-refractivity contribution is 5.88. The van der Waals surface area contributed by atoms with Crippen LogP contribution in [0.4, 0.5) is 0 Å². The summed E-state index contributed by atoms with van der Waals surface area (Å²) in [4.78, 5) is 13.3. The summed E-state index contributed by atoms with van der Waals surface area (Å²) in [6.45, 7) is 0.375. The Balaban J connectivity index is 0.000000516. The molecule has 2 aromatic carbocycles. The largest absolute Gasteiger partial charge is 0.493 e. The molecule has 0 bridgehead atoms. The molecule has 0 saturated heterocycles. The maximum Gasteiger partial charge on any atom is 0.292 e. The summed E-state index contributed by atoms with van der Waals surface area (Å²) in [6.07, 6.45) is 4.34. The van der Waals surface area contributed by atoms with Crippen LogP contribution >= 0.6 is 0 Å². The predicted octanol–water partition coefficient (Wildman–Crippen LogP) is 4.71. The van der Waals surface area contributed by atoms with E-state index in [2.05, 4.69) is 21.9 Å². The molecule has 4 rings (SSSR count). The molecule has 0 unspecified atom stereocenters. The van der Waals surface area contributed by atoms with Gasteiger partial charge in [0.2, 0.25) is 0 Å². The Labute approximate surface area is 164 Å². The molecule has 3 aromatic rings. The fourth-order valence-electron chi connectivity index (χ4n) is 2.89. The standard InChI is InChI=1S/C20H19NO3.C2H4O2/c1-22-19-11-16-17(12-20(19)23-2)21-10-9-18(16)24-15-7-5-14(6-8-15)13-3-4-13;1-4-2-3/h5-13H,3-4H2,1-2H3;2H,1H3. The van der Waals surface area contributed by atoms with Crippen LogP contribution in [0.2, 0.25) is 0 Å². The average Bonchev–Trinajstić information content (AvgIpc) is 3.59. The second kappa shape index (κ2) is 9.08. The zero-order chi connectivity index (χ0) is 19.9. The van der Waals surface area contributed by atoms with Gasteiger partial charge in [-0.3, -0.25) is 9.78 Å². The molecule has 1 fully saturated rings. The maximum atomic E-state index is 8.95. The van der Waals surface area contributed by atoms with E-state index in [1.165, 1.54) is 25.5 Å². The van der Waals surface area contributed by atoms with E-state index < -0.39 is 0 Å². The van der Waals surface area contributed by atoms with Crippen molar-refractivity contribution in [2.75, 3.05) is 21.3 Å². The molecule has 1 heterocycles. The van der Waals surface area contributed by atoms with Crippen molar-refractivity contribution in [1.29, 1.82) is 0 Å². The van der Waals surface area contributed by atoms with Crippen molar-refractivity contribution in [3.8, 4) is 23.0 Å². The Morgan fingerprint density at radius 2 is 1.57 bits per heavy atom. The van der Waals surface area contributed by atoms with Gasteiger partial charge in [-0.05, 0) is 48.6 Å². The summed E-state index contributed by atoms with van der Waals surface area (Å²) in [5, 5.41) is 0.890. The molecule has 0 aliphatic heterocycles. The van der Waals surface area contributed by atoms with Gasteiger partial charge in [0.15, 0.2) is 11.5 Å². The fourth-order valence-corrected chi connectivity index (χ4v) is 2.89. The highest BCUT2D eigenvalue weighted by Crippen LogP contribution is 2.41. The summed E-state index contributed by atoms with van der Waals surface area (Å²) in [5.41, 5.74) is 2.20. The molecule has 0 amide bonds. The summed E-state index contributed by atoms with van der Waals surface area (Å²) < 4.78 is 20.7. The Morgan fingerprint density at radius 1 is 0.929 bits per heavy atom. The van der Waals surface area contributed by atoms with Crippen LogP contribution in [0, 0.1) is 0 Å².